The van der Waals surface area contributed by atoms with Crippen LogP contribution >= 0.6 is 0 Å². The highest BCUT2D eigenvalue weighted by atomic mass is 16.7. The Morgan fingerprint density at radius 1 is 1.12 bits per heavy atom. The molecule has 0 bridgehead atoms. The Morgan fingerprint density at radius 3 is 2.50 bits per heavy atom. The lowest BCUT2D eigenvalue weighted by Crippen LogP contribution is -2.52. The second kappa shape index (κ2) is 3.44. The molecular weight excluding hydrogens is 204 g/mol. The summed E-state index contributed by atoms with van der Waals surface area (Å²) in [4.78, 5) is 0. The van der Waals surface area contributed by atoms with E-state index >= 15 is 0 Å². The van der Waals surface area contributed by atoms with Gasteiger partial charge in [-0.05, 0) is 30.6 Å². The van der Waals surface area contributed by atoms with E-state index in [4.69, 9.17) is 9.47 Å². The molecule has 0 aromatic carbocycles. The molecule has 3 nitrogen and oxygen atoms in total. The maximum absolute atomic E-state index is 10.2. The maximum atomic E-state index is 10.2. The monoisotopic (exact) mass is 226 g/mol. The number of ether oxygens (including phenoxy) is 2. The SMILES string of the molecule is C[C@H]1[C@@H]2CC[C@H](O)[C@@]2(C)CCC12OCCO2. The molecule has 0 aromatic heterocycles. The average Bonchev–Trinajstić information content (AvgIpc) is 2.83. The summed E-state index contributed by atoms with van der Waals surface area (Å²) in [6, 6.07) is 0. The number of rotatable bonds is 0. The predicted octanol–water partition coefficient (Wildman–Crippen LogP) is 1.94. The van der Waals surface area contributed by atoms with E-state index in [1.54, 1.807) is 0 Å². The molecule has 92 valence electrons. The van der Waals surface area contributed by atoms with Crippen molar-refractivity contribution in [3.63, 3.8) is 0 Å². The van der Waals surface area contributed by atoms with Gasteiger partial charge in [0.15, 0.2) is 5.79 Å². The van der Waals surface area contributed by atoms with Gasteiger partial charge in [-0.15, -0.1) is 0 Å². The third-order valence-electron chi connectivity index (χ3n) is 5.44. The molecule has 2 saturated carbocycles. The first-order chi connectivity index (χ1) is 7.58. The third kappa shape index (κ3) is 1.25. The number of fused-ring (bicyclic) bond motifs is 1. The molecule has 0 radical (unpaired) electrons. The van der Waals surface area contributed by atoms with Crippen molar-refractivity contribution < 1.29 is 14.6 Å². The van der Waals surface area contributed by atoms with Gasteiger partial charge in [-0.1, -0.05) is 13.8 Å². The van der Waals surface area contributed by atoms with Crippen LogP contribution in [0.5, 0.6) is 0 Å². The smallest absolute Gasteiger partial charge is 0.171 e. The normalized spacial score (nSPS) is 50.8. The summed E-state index contributed by atoms with van der Waals surface area (Å²) in [5, 5.41) is 10.2. The Bertz CT molecular complexity index is 285. The molecule has 3 heteroatoms. The molecule has 1 N–H and O–H groups in total. The van der Waals surface area contributed by atoms with Crippen LogP contribution in [-0.2, 0) is 9.47 Å². The van der Waals surface area contributed by atoms with E-state index in [-0.39, 0.29) is 17.3 Å². The number of aliphatic hydroxyl groups is 1. The lowest BCUT2D eigenvalue weighted by atomic mass is 9.62. The minimum atomic E-state index is -0.325. The summed E-state index contributed by atoms with van der Waals surface area (Å²) in [5.74, 6) is 0.633. The van der Waals surface area contributed by atoms with Crippen LogP contribution in [0.3, 0.4) is 0 Å². The van der Waals surface area contributed by atoms with E-state index < -0.39 is 0 Å². The second-order valence-electron chi connectivity index (χ2n) is 6.00. The van der Waals surface area contributed by atoms with Crippen LogP contribution in [-0.4, -0.2) is 30.2 Å². The van der Waals surface area contributed by atoms with E-state index in [1.165, 1.54) is 0 Å². The summed E-state index contributed by atoms with van der Waals surface area (Å²) in [6.45, 7) is 5.95. The first-order valence-electron chi connectivity index (χ1n) is 6.54. The largest absolute Gasteiger partial charge is 0.393 e. The van der Waals surface area contributed by atoms with Gasteiger partial charge in [-0.3, -0.25) is 0 Å². The number of hydrogen-bond donors (Lipinski definition) is 1. The van der Waals surface area contributed by atoms with Crippen molar-refractivity contribution in [1.82, 2.24) is 0 Å². The summed E-state index contributed by atoms with van der Waals surface area (Å²) >= 11 is 0. The molecule has 0 amide bonds. The molecular formula is C13H22O3. The standard InChI is InChI=1S/C13H22O3/c1-9-10-3-4-11(14)12(10,2)5-6-13(9)15-7-8-16-13/h9-11,14H,3-8H2,1-2H3/t9-,10-,11-,12-/m0/s1. The van der Waals surface area contributed by atoms with Crippen molar-refractivity contribution in [3.05, 3.63) is 0 Å². The van der Waals surface area contributed by atoms with Crippen LogP contribution in [0.1, 0.15) is 39.5 Å². The van der Waals surface area contributed by atoms with E-state index in [2.05, 4.69) is 13.8 Å². The fourth-order valence-electron chi connectivity index (χ4n) is 4.27. The summed E-state index contributed by atoms with van der Waals surface area (Å²) in [6.07, 6.45) is 3.91. The van der Waals surface area contributed by atoms with Gasteiger partial charge in [-0.25, -0.2) is 0 Å². The van der Waals surface area contributed by atoms with Crippen LogP contribution in [0.4, 0.5) is 0 Å². The molecule has 3 rings (SSSR count). The van der Waals surface area contributed by atoms with Crippen LogP contribution < -0.4 is 0 Å². The van der Waals surface area contributed by atoms with Crippen molar-refractivity contribution in [2.45, 2.75) is 51.4 Å². The van der Waals surface area contributed by atoms with Crippen molar-refractivity contribution in [2.75, 3.05) is 13.2 Å². The molecule has 16 heavy (non-hydrogen) atoms. The summed E-state index contributed by atoms with van der Waals surface area (Å²) in [5.41, 5.74) is 0.0972. The average molecular weight is 226 g/mol. The Kier molecular flexibility index (Phi) is 2.36. The van der Waals surface area contributed by atoms with Crippen molar-refractivity contribution in [1.29, 1.82) is 0 Å². The molecule has 3 aliphatic rings. The first-order valence-corrected chi connectivity index (χ1v) is 6.54. The Hall–Kier alpha value is -0.120. The van der Waals surface area contributed by atoms with Crippen LogP contribution in [0.15, 0.2) is 0 Å². The molecule has 1 aliphatic heterocycles. The fourth-order valence-corrected chi connectivity index (χ4v) is 4.27. The van der Waals surface area contributed by atoms with Crippen LogP contribution in [0, 0.1) is 17.3 Å². The second-order valence-corrected chi connectivity index (χ2v) is 6.00. The topological polar surface area (TPSA) is 38.7 Å². The van der Waals surface area contributed by atoms with Gasteiger partial charge in [0, 0.05) is 12.3 Å². The fraction of sp³-hybridized carbons (Fsp3) is 1.00. The predicted molar refractivity (Wildman–Crippen MR) is 59.9 cm³/mol. The zero-order valence-electron chi connectivity index (χ0n) is 10.2. The van der Waals surface area contributed by atoms with Gasteiger partial charge in [-0.2, -0.15) is 0 Å². The number of hydrogen-bond acceptors (Lipinski definition) is 3. The van der Waals surface area contributed by atoms with Gasteiger partial charge in [0.05, 0.1) is 19.3 Å². The Labute approximate surface area is 97.1 Å². The third-order valence-corrected chi connectivity index (χ3v) is 5.44. The zero-order chi connectivity index (χ0) is 11.4. The quantitative estimate of drug-likeness (QED) is 0.686. The minimum absolute atomic E-state index is 0.0972. The minimum Gasteiger partial charge on any atom is -0.393 e. The lowest BCUT2D eigenvalue weighted by molar-refractivity contribution is -0.243. The Morgan fingerprint density at radius 2 is 1.81 bits per heavy atom. The number of aliphatic hydroxyl groups excluding tert-OH is 1. The molecule has 4 atom stereocenters. The van der Waals surface area contributed by atoms with Crippen LogP contribution in [0.25, 0.3) is 0 Å². The molecule has 0 unspecified atom stereocenters. The summed E-state index contributed by atoms with van der Waals surface area (Å²) < 4.78 is 11.8. The molecule has 1 spiro atoms. The van der Waals surface area contributed by atoms with Crippen molar-refractivity contribution >= 4 is 0 Å². The van der Waals surface area contributed by atoms with Gasteiger partial charge >= 0.3 is 0 Å². The first kappa shape index (κ1) is 11.0. The van der Waals surface area contributed by atoms with E-state index in [0.29, 0.717) is 11.8 Å². The van der Waals surface area contributed by atoms with Gasteiger partial charge < -0.3 is 14.6 Å². The highest BCUT2D eigenvalue weighted by Crippen LogP contribution is 2.58. The van der Waals surface area contributed by atoms with Crippen LogP contribution in [0.2, 0.25) is 0 Å². The highest BCUT2D eigenvalue weighted by molar-refractivity contribution is 5.05. The highest BCUT2D eigenvalue weighted by Gasteiger charge is 2.59. The summed E-state index contributed by atoms with van der Waals surface area (Å²) in [7, 11) is 0. The lowest BCUT2D eigenvalue weighted by Gasteiger charge is -2.50. The van der Waals surface area contributed by atoms with Gasteiger partial charge in [0.2, 0.25) is 0 Å². The van der Waals surface area contributed by atoms with Gasteiger partial charge in [0.25, 0.3) is 0 Å². The van der Waals surface area contributed by atoms with E-state index in [9.17, 15) is 5.11 Å². The molecule has 2 aliphatic carbocycles. The van der Waals surface area contributed by atoms with Crippen molar-refractivity contribution in [2.24, 2.45) is 17.3 Å². The molecule has 1 heterocycles. The molecule has 3 fully saturated rings. The van der Waals surface area contributed by atoms with Crippen molar-refractivity contribution in [3.8, 4) is 0 Å². The van der Waals surface area contributed by atoms with E-state index in [1.807, 2.05) is 0 Å². The molecule has 0 aromatic rings. The molecule has 1 saturated heterocycles. The van der Waals surface area contributed by atoms with Gasteiger partial charge in [0.1, 0.15) is 0 Å². The zero-order valence-corrected chi connectivity index (χ0v) is 10.2. The van der Waals surface area contributed by atoms with E-state index in [0.717, 1.165) is 38.9 Å². The Balaban J connectivity index is 1.88. The maximum Gasteiger partial charge on any atom is 0.171 e.